The Balaban J connectivity index is 1.89. The van der Waals surface area contributed by atoms with Crippen LogP contribution in [0.15, 0.2) is 22.9 Å². The number of halogens is 1. The highest BCUT2D eigenvalue weighted by Crippen LogP contribution is 2.18. The maximum Gasteiger partial charge on any atom is 0.138 e. The van der Waals surface area contributed by atoms with Crippen molar-refractivity contribution in [2.24, 2.45) is 0 Å². The molecule has 0 bridgehead atoms. The van der Waals surface area contributed by atoms with Crippen LogP contribution in [0.3, 0.4) is 0 Å². The van der Waals surface area contributed by atoms with Crippen molar-refractivity contribution >= 4 is 15.9 Å². The van der Waals surface area contributed by atoms with Crippen molar-refractivity contribution in [1.82, 2.24) is 9.88 Å². The molecule has 0 aliphatic carbocycles. The molecule has 0 atom stereocenters. The first-order chi connectivity index (χ1) is 7.24. The molecule has 1 aromatic rings. The molecule has 0 unspecified atom stereocenters. The molecule has 2 heterocycles. The third-order valence-corrected chi connectivity index (χ3v) is 3.14. The van der Waals surface area contributed by atoms with Gasteiger partial charge in [0.1, 0.15) is 16.5 Å². The number of rotatable bonds is 2. The largest absolute Gasteiger partial charge is 0.489 e. The summed E-state index contributed by atoms with van der Waals surface area (Å²) >= 11 is 3.31. The van der Waals surface area contributed by atoms with Gasteiger partial charge < -0.3 is 9.64 Å². The third-order valence-electron chi connectivity index (χ3n) is 2.67. The summed E-state index contributed by atoms with van der Waals surface area (Å²) in [4.78, 5) is 6.47. The van der Waals surface area contributed by atoms with Crippen molar-refractivity contribution in [1.29, 1.82) is 0 Å². The predicted octanol–water partition coefficient (Wildman–Crippen LogP) is 2.32. The molecule has 0 radical (unpaired) electrons. The Hall–Kier alpha value is -0.610. The lowest BCUT2D eigenvalue weighted by Gasteiger charge is -2.29. The summed E-state index contributed by atoms with van der Waals surface area (Å²) in [5.74, 6) is 0.868. The molecular formula is C11H15BrN2O. The van der Waals surface area contributed by atoms with Crippen molar-refractivity contribution in [3.8, 4) is 5.75 Å². The summed E-state index contributed by atoms with van der Waals surface area (Å²) in [5.41, 5.74) is 0. The van der Waals surface area contributed by atoms with E-state index in [1.54, 1.807) is 6.20 Å². The Morgan fingerprint density at radius 2 is 2.13 bits per heavy atom. The van der Waals surface area contributed by atoms with E-state index in [0.29, 0.717) is 6.10 Å². The van der Waals surface area contributed by atoms with E-state index in [1.165, 1.54) is 0 Å². The number of hydrogen-bond donors (Lipinski definition) is 0. The molecule has 82 valence electrons. The van der Waals surface area contributed by atoms with Crippen molar-refractivity contribution in [3.05, 3.63) is 22.9 Å². The quantitative estimate of drug-likeness (QED) is 0.772. The zero-order valence-electron chi connectivity index (χ0n) is 8.82. The predicted molar refractivity (Wildman–Crippen MR) is 63.1 cm³/mol. The Morgan fingerprint density at radius 1 is 1.40 bits per heavy atom. The van der Waals surface area contributed by atoms with Gasteiger partial charge in [0, 0.05) is 13.1 Å². The molecule has 2 rings (SSSR count). The minimum atomic E-state index is 0.351. The monoisotopic (exact) mass is 270 g/mol. The van der Waals surface area contributed by atoms with Crippen LogP contribution in [0.25, 0.3) is 0 Å². The molecular weight excluding hydrogens is 256 g/mol. The van der Waals surface area contributed by atoms with Gasteiger partial charge in [-0.25, -0.2) is 4.98 Å². The van der Waals surface area contributed by atoms with Crippen LogP contribution in [0.4, 0.5) is 0 Å². The maximum atomic E-state index is 5.85. The molecule has 1 aromatic heterocycles. The van der Waals surface area contributed by atoms with Crippen LogP contribution in [0.5, 0.6) is 5.75 Å². The van der Waals surface area contributed by atoms with Gasteiger partial charge in [0.05, 0.1) is 6.20 Å². The smallest absolute Gasteiger partial charge is 0.138 e. The second kappa shape index (κ2) is 4.94. The van der Waals surface area contributed by atoms with E-state index >= 15 is 0 Å². The van der Waals surface area contributed by atoms with Crippen LogP contribution in [0.1, 0.15) is 12.8 Å². The first-order valence-corrected chi connectivity index (χ1v) is 6.00. The molecule has 0 aromatic carbocycles. The number of likely N-dealkylation sites (tertiary alicyclic amines) is 1. The summed E-state index contributed by atoms with van der Waals surface area (Å²) in [6.07, 6.45) is 4.32. The topological polar surface area (TPSA) is 25.4 Å². The molecule has 0 N–H and O–H groups in total. The standard InChI is InChI=1S/C11H15BrN2O/c1-14-6-4-9(5-7-14)15-10-2-3-11(12)13-8-10/h2-3,8-9H,4-7H2,1H3. The number of hydrogen-bond acceptors (Lipinski definition) is 3. The molecule has 1 saturated heterocycles. The van der Waals surface area contributed by atoms with E-state index in [-0.39, 0.29) is 0 Å². The summed E-state index contributed by atoms with van der Waals surface area (Å²) in [7, 11) is 2.15. The number of nitrogens with zero attached hydrogens (tertiary/aromatic N) is 2. The van der Waals surface area contributed by atoms with E-state index in [1.807, 2.05) is 12.1 Å². The average molecular weight is 271 g/mol. The lowest BCUT2D eigenvalue weighted by molar-refractivity contribution is 0.114. The zero-order valence-corrected chi connectivity index (χ0v) is 10.4. The van der Waals surface area contributed by atoms with Gasteiger partial charge >= 0.3 is 0 Å². The van der Waals surface area contributed by atoms with Crippen LogP contribution in [0.2, 0.25) is 0 Å². The van der Waals surface area contributed by atoms with Gasteiger partial charge in [-0.3, -0.25) is 0 Å². The maximum absolute atomic E-state index is 5.85. The molecule has 4 heteroatoms. The highest BCUT2D eigenvalue weighted by atomic mass is 79.9. The van der Waals surface area contributed by atoms with Crippen LogP contribution < -0.4 is 4.74 Å². The molecule has 1 aliphatic rings. The number of piperidine rings is 1. The van der Waals surface area contributed by atoms with Gasteiger partial charge in [-0.15, -0.1) is 0 Å². The van der Waals surface area contributed by atoms with Crippen molar-refractivity contribution in [3.63, 3.8) is 0 Å². The number of pyridine rings is 1. The number of ether oxygens (including phenoxy) is 1. The Kier molecular flexibility index (Phi) is 3.59. The van der Waals surface area contributed by atoms with Crippen molar-refractivity contribution in [2.45, 2.75) is 18.9 Å². The Bertz CT molecular complexity index is 307. The second-order valence-corrected chi connectivity index (χ2v) is 4.75. The molecule has 0 saturated carbocycles. The van der Waals surface area contributed by atoms with E-state index in [0.717, 1.165) is 36.3 Å². The third kappa shape index (κ3) is 3.18. The zero-order chi connectivity index (χ0) is 10.7. The molecule has 3 nitrogen and oxygen atoms in total. The van der Waals surface area contributed by atoms with E-state index in [9.17, 15) is 0 Å². The summed E-state index contributed by atoms with van der Waals surface area (Å²) < 4.78 is 6.69. The fourth-order valence-corrected chi connectivity index (χ4v) is 1.96. The molecule has 0 amide bonds. The van der Waals surface area contributed by atoms with Crippen LogP contribution in [-0.4, -0.2) is 36.1 Å². The lowest BCUT2D eigenvalue weighted by Crippen LogP contribution is -2.35. The van der Waals surface area contributed by atoms with Gasteiger partial charge in [0.2, 0.25) is 0 Å². The highest BCUT2D eigenvalue weighted by molar-refractivity contribution is 9.10. The molecule has 1 fully saturated rings. The first kappa shape index (κ1) is 10.9. The van der Waals surface area contributed by atoms with Gasteiger partial charge in [0.25, 0.3) is 0 Å². The normalized spacial score (nSPS) is 19.1. The van der Waals surface area contributed by atoms with Crippen LogP contribution >= 0.6 is 15.9 Å². The lowest BCUT2D eigenvalue weighted by atomic mass is 10.1. The molecule has 15 heavy (non-hydrogen) atoms. The Morgan fingerprint density at radius 3 is 2.73 bits per heavy atom. The van der Waals surface area contributed by atoms with Gasteiger partial charge in [-0.1, -0.05) is 0 Å². The van der Waals surface area contributed by atoms with Crippen LogP contribution in [-0.2, 0) is 0 Å². The van der Waals surface area contributed by atoms with E-state index in [2.05, 4.69) is 32.9 Å². The second-order valence-electron chi connectivity index (χ2n) is 3.94. The van der Waals surface area contributed by atoms with Gasteiger partial charge in [-0.2, -0.15) is 0 Å². The number of aromatic nitrogens is 1. The SMILES string of the molecule is CN1CCC(Oc2ccc(Br)nc2)CC1. The minimum absolute atomic E-state index is 0.351. The Labute approximate surface area is 98.6 Å². The summed E-state index contributed by atoms with van der Waals surface area (Å²) in [6.45, 7) is 2.24. The fourth-order valence-electron chi connectivity index (χ4n) is 1.73. The average Bonchev–Trinajstić information content (AvgIpc) is 2.25. The summed E-state index contributed by atoms with van der Waals surface area (Å²) in [6, 6.07) is 3.86. The van der Waals surface area contributed by atoms with Crippen molar-refractivity contribution < 1.29 is 4.74 Å². The first-order valence-electron chi connectivity index (χ1n) is 5.21. The molecule has 1 aliphatic heterocycles. The molecule has 0 spiro atoms. The van der Waals surface area contributed by atoms with Gasteiger partial charge in [-0.05, 0) is 48.0 Å². The van der Waals surface area contributed by atoms with Crippen molar-refractivity contribution in [2.75, 3.05) is 20.1 Å². The minimum Gasteiger partial charge on any atom is -0.489 e. The fraction of sp³-hybridized carbons (Fsp3) is 0.545. The highest BCUT2D eigenvalue weighted by Gasteiger charge is 2.17. The van der Waals surface area contributed by atoms with Crippen LogP contribution in [0, 0.1) is 0 Å². The van der Waals surface area contributed by atoms with E-state index < -0.39 is 0 Å². The summed E-state index contributed by atoms with van der Waals surface area (Å²) in [5, 5.41) is 0. The van der Waals surface area contributed by atoms with E-state index in [4.69, 9.17) is 4.74 Å². The van der Waals surface area contributed by atoms with Gasteiger partial charge in [0.15, 0.2) is 0 Å².